The highest BCUT2D eigenvalue weighted by molar-refractivity contribution is 6.04. The van der Waals surface area contributed by atoms with Crippen molar-refractivity contribution in [1.82, 2.24) is 15.1 Å². The van der Waals surface area contributed by atoms with E-state index in [2.05, 4.69) is 16.8 Å². The summed E-state index contributed by atoms with van der Waals surface area (Å²) in [4.78, 5) is 41.2. The van der Waals surface area contributed by atoms with E-state index in [0.29, 0.717) is 44.8 Å². The number of rotatable bonds is 6. The van der Waals surface area contributed by atoms with Crippen molar-refractivity contribution in [2.24, 2.45) is 5.92 Å². The largest absolute Gasteiger partial charge is 0.481 e. The Morgan fingerprint density at radius 3 is 2.24 bits per heavy atom. The highest BCUT2D eigenvalue weighted by Crippen LogP contribution is 2.23. The quantitative estimate of drug-likeness (QED) is 0.342. The molecule has 1 aromatic carbocycles. The van der Waals surface area contributed by atoms with E-state index < -0.39 is 12.1 Å². The van der Waals surface area contributed by atoms with Crippen molar-refractivity contribution in [3.05, 3.63) is 42.5 Å². The number of piperidine rings is 1. The molecular weight excluding hydrogens is 426 g/mol. The smallest absolute Gasteiger partial charge is 0.413 e. The first-order valence-corrected chi connectivity index (χ1v) is 11.1. The summed E-state index contributed by atoms with van der Waals surface area (Å²) in [5.74, 6) is -0.665. The van der Waals surface area contributed by atoms with Gasteiger partial charge in [0.05, 0.1) is 0 Å². The Kier molecular flexibility index (Phi) is 8.28. The molecule has 2 saturated heterocycles. The Bertz CT molecular complexity index is 872. The molecule has 2 fully saturated rings. The van der Waals surface area contributed by atoms with Crippen molar-refractivity contribution in [2.45, 2.75) is 19.3 Å². The number of carbonyl (C=O) groups excluding carboxylic acids is 2. The highest BCUT2D eigenvalue weighted by atomic mass is 16.5. The summed E-state index contributed by atoms with van der Waals surface area (Å²) < 4.78 is 4.82. The maximum atomic E-state index is 12.8. The second-order valence-electron chi connectivity index (χ2n) is 8.22. The first-order valence-electron chi connectivity index (χ1n) is 11.1. The molecule has 0 unspecified atom stereocenters. The van der Waals surface area contributed by atoms with E-state index >= 15 is 0 Å². The molecule has 3 amide bonds. The van der Waals surface area contributed by atoms with E-state index in [9.17, 15) is 14.4 Å². The lowest BCUT2D eigenvalue weighted by atomic mass is 9.94. The standard InChI is InChI=1S/C23H31N5O5/c1-2-15-33-22(31)25-21(24)18-3-5-19(6-4-18)26-11-13-28(14-12-26)23(32)27-9-7-17(8-10-27)16-20(29)30/h2-6,17H,1,7-16H2,(H,29,30)(H2,24,25,31). The Balaban J connectivity index is 1.45. The van der Waals surface area contributed by atoms with Gasteiger partial charge in [-0.2, -0.15) is 0 Å². The van der Waals surface area contributed by atoms with Gasteiger partial charge in [0.2, 0.25) is 0 Å². The van der Waals surface area contributed by atoms with E-state index in [4.69, 9.17) is 15.3 Å². The number of likely N-dealkylation sites (tertiary alicyclic amines) is 1. The van der Waals surface area contributed by atoms with Crippen LogP contribution >= 0.6 is 0 Å². The van der Waals surface area contributed by atoms with E-state index in [1.165, 1.54) is 6.08 Å². The normalized spacial score (nSPS) is 16.8. The zero-order valence-electron chi connectivity index (χ0n) is 18.7. The molecule has 0 aliphatic carbocycles. The Morgan fingerprint density at radius 2 is 1.67 bits per heavy atom. The molecule has 3 N–H and O–H groups in total. The number of benzene rings is 1. The lowest BCUT2D eigenvalue weighted by Crippen LogP contribution is -2.54. The SMILES string of the molecule is C=CCOC(=O)NC(=N)c1ccc(N2CCN(C(=O)N3CCC(CC(=O)O)CC3)CC2)cc1. The first-order chi connectivity index (χ1) is 15.9. The second-order valence-corrected chi connectivity index (χ2v) is 8.22. The van der Waals surface area contributed by atoms with Crippen molar-refractivity contribution in [2.75, 3.05) is 50.8 Å². The molecule has 33 heavy (non-hydrogen) atoms. The molecule has 2 aliphatic heterocycles. The monoisotopic (exact) mass is 457 g/mol. The molecule has 0 radical (unpaired) electrons. The first kappa shape index (κ1) is 24.1. The van der Waals surface area contributed by atoms with Crippen molar-refractivity contribution >= 4 is 29.6 Å². The topological polar surface area (TPSA) is 126 Å². The molecule has 0 saturated carbocycles. The molecule has 1 aromatic rings. The third-order valence-corrected chi connectivity index (χ3v) is 5.98. The lowest BCUT2D eigenvalue weighted by Gasteiger charge is -2.40. The zero-order chi connectivity index (χ0) is 23.8. The van der Waals surface area contributed by atoms with Gasteiger partial charge in [-0.05, 0) is 43.0 Å². The predicted molar refractivity (Wildman–Crippen MR) is 124 cm³/mol. The summed E-state index contributed by atoms with van der Waals surface area (Å²) in [7, 11) is 0. The molecule has 10 heteroatoms. The van der Waals surface area contributed by atoms with Gasteiger partial charge in [0.1, 0.15) is 12.4 Å². The number of hydrogen-bond acceptors (Lipinski definition) is 6. The molecule has 2 heterocycles. The summed E-state index contributed by atoms with van der Waals surface area (Å²) in [5, 5.41) is 19.3. The van der Waals surface area contributed by atoms with Crippen LogP contribution in [0.3, 0.4) is 0 Å². The van der Waals surface area contributed by atoms with Gasteiger partial charge in [-0.1, -0.05) is 12.7 Å². The molecule has 0 bridgehead atoms. The van der Waals surface area contributed by atoms with Crippen molar-refractivity contribution in [1.29, 1.82) is 5.41 Å². The average Bonchev–Trinajstić information content (AvgIpc) is 2.82. The summed E-state index contributed by atoms with van der Waals surface area (Å²) in [6.07, 6.45) is 2.40. The third-order valence-electron chi connectivity index (χ3n) is 5.98. The van der Waals surface area contributed by atoms with E-state index in [0.717, 1.165) is 18.5 Å². The van der Waals surface area contributed by atoms with Gasteiger partial charge in [-0.25, -0.2) is 9.59 Å². The minimum Gasteiger partial charge on any atom is -0.481 e. The van der Waals surface area contributed by atoms with Crippen LogP contribution < -0.4 is 10.2 Å². The summed E-state index contributed by atoms with van der Waals surface area (Å²) >= 11 is 0. The molecule has 0 atom stereocenters. The minimum atomic E-state index is -0.775. The zero-order valence-corrected chi connectivity index (χ0v) is 18.7. The summed E-state index contributed by atoms with van der Waals surface area (Å²) in [6.45, 7) is 7.39. The molecule has 178 valence electrons. The van der Waals surface area contributed by atoms with Crippen LogP contribution in [0.2, 0.25) is 0 Å². The number of hydrogen-bond donors (Lipinski definition) is 3. The Hall–Kier alpha value is -3.56. The number of nitrogens with zero attached hydrogens (tertiary/aromatic N) is 3. The Morgan fingerprint density at radius 1 is 1.06 bits per heavy atom. The lowest BCUT2D eigenvalue weighted by molar-refractivity contribution is -0.138. The fraction of sp³-hybridized carbons (Fsp3) is 0.478. The van der Waals surface area contributed by atoms with Gasteiger partial charge in [-0.15, -0.1) is 0 Å². The van der Waals surface area contributed by atoms with Gasteiger partial charge in [0.25, 0.3) is 0 Å². The van der Waals surface area contributed by atoms with Crippen LogP contribution in [0.5, 0.6) is 0 Å². The van der Waals surface area contributed by atoms with Gasteiger partial charge < -0.3 is 24.5 Å². The van der Waals surface area contributed by atoms with Crippen molar-refractivity contribution < 1.29 is 24.2 Å². The minimum absolute atomic E-state index is 0.0293. The third kappa shape index (κ3) is 6.71. The van der Waals surface area contributed by atoms with Crippen molar-refractivity contribution in [3.63, 3.8) is 0 Å². The van der Waals surface area contributed by atoms with Gasteiger partial charge in [-0.3, -0.25) is 15.5 Å². The van der Waals surface area contributed by atoms with E-state index in [-0.39, 0.29) is 30.8 Å². The second kappa shape index (κ2) is 11.3. The van der Waals surface area contributed by atoms with Gasteiger partial charge in [0.15, 0.2) is 0 Å². The van der Waals surface area contributed by atoms with Crippen LogP contribution in [0, 0.1) is 11.3 Å². The number of amidine groups is 1. The molecule has 0 aromatic heterocycles. The number of aliphatic carboxylic acids is 1. The Labute approximate surface area is 193 Å². The average molecular weight is 458 g/mol. The summed E-state index contributed by atoms with van der Waals surface area (Å²) in [6, 6.07) is 7.35. The van der Waals surface area contributed by atoms with Crippen LogP contribution in [0.25, 0.3) is 0 Å². The predicted octanol–water partition coefficient (Wildman–Crippen LogP) is 2.35. The number of ether oxygens (including phenoxy) is 1. The summed E-state index contributed by atoms with van der Waals surface area (Å²) in [5.41, 5.74) is 1.55. The van der Waals surface area contributed by atoms with Crippen LogP contribution in [0.1, 0.15) is 24.8 Å². The maximum absolute atomic E-state index is 12.8. The van der Waals surface area contributed by atoms with E-state index in [1.807, 2.05) is 21.9 Å². The number of alkyl carbamates (subject to hydrolysis) is 1. The van der Waals surface area contributed by atoms with Gasteiger partial charge in [0, 0.05) is 56.9 Å². The molecule has 3 rings (SSSR count). The van der Waals surface area contributed by atoms with Crippen LogP contribution in [-0.4, -0.2) is 84.7 Å². The number of carboxylic acid groups (broad SMARTS) is 1. The number of anilines is 1. The maximum Gasteiger partial charge on any atom is 0.413 e. The molecule has 10 nitrogen and oxygen atoms in total. The number of carboxylic acids is 1. The van der Waals surface area contributed by atoms with Crippen LogP contribution in [-0.2, 0) is 9.53 Å². The molecule has 2 aliphatic rings. The molecule has 0 spiro atoms. The number of piperazine rings is 1. The van der Waals surface area contributed by atoms with Crippen molar-refractivity contribution in [3.8, 4) is 0 Å². The van der Waals surface area contributed by atoms with E-state index in [1.54, 1.807) is 12.1 Å². The number of carbonyl (C=O) groups is 3. The van der Waals surface area contributed by atoms with Crippen LogP contribution in [0.15, 0.2) is 36.9 Å². The van der Waals surface area contributed by atoms with Crippen LogP contribution in [0.4, 0.5) is 15.3 Å². The fourth-order valence-electron chi connectivity index (χ4n) is 4.12. The highest BCUT2D eigenvalue weighted by Gasteiger charge is 2.29. The number of nitrogens with one attached hydrogen (secondary N) is 2. The number of urea groups is 1. The molecular formula is C23H31N5O5. The van der Waals surface area contributed by atoms with Gasteiger partial charge >= 0.3 is 18.1 Å². The number of amides is 3. The fourth-order valence-corrected chi connectivity index (χ4v) is 4.12.